The highest BCUT2D eigenvalue weighted by Gasteiger charge is 2.06. The summed E-state index contributed by atoms with van der Waals surface area (Å²) in [6.07, 6.45) is 0.0890. The Bertz CT molecular complexity index is 843. The van der Waals surface area contributed by atoms with Gasteiger partial charge < -0.3 is 25.4 Å². The van der Waals surface area contributed by atoms with Crippen molar-refractivity contribution in [3.05, 3.63) is 59.9 Å². The molecule has 0 saturated heterocycles. The van der Waals surface area contributed by atoms with Crippen molar-refractivity contribution in [1.29, 1.82) is 0 Å². The number of halogens is 1. The quantitative estimate of drug-likeness (QED) is 0.290. The molecule has 0 heterocycles. The van der Waals surface area contributed by atoms with Gasteiger partial charge in [-0.25, -0.2) is 9.38 Å². The molecule has 168 valence electrons. The van der Waals surface area contributed by atoms with Crippen molar-refractivity contribution in [3.63, 3.8) is 0 Å². The van der Waals surface area contributed by atoms with E-state index in [2.05, 4.69) is 20.9 Å². The molecule has 0 fully saturated rings. The van der Waals surface area contributed by atoms with E-state index in [-0.39, 0.29) is 24.2 Å². The predicted molar refractivity (Wildman–Crippen MR) is 120 cm³/mol. The van der Waals surface area contributed by atoms with Gasteiger partial charge in [0.2, 0.25) is 5.91 Å². The number of rotatable bonds is 11. The highest BCUT2D eigenvalue weighted by atomic mass is 19.1. The molecule has 0 saturated carbocycles. The maximum absolute atomic E-state index is 12.9. The number of methoxy groups -OCH3 is 1. The van der Waals surface area contributed by atoms with Gasteiger partial charge in [-0.2, -0.15) is 0 Å². The van der Waals surface area contributed by atoms with Crippen LogP contribution in [0, 0.1) is 5.82 Å². The molecule has 0 radical (unpaired) electrons. The largest absolute Gasteiger partial charge is 0.497 e. The minimum atomic E-state index is -0.313. The van der Waals surface area contributed by atoms with Gasteiger partial charge in [0.05, 0.1) is 20.1 Å². The highest BCUT2D eigenvalue weighted by molar-refractivity contribution is 5.80. The first-order chi connectivity index (χ1) is 15.0. The van der Waals surface area contributed by atoms with Crippen LogP contribution in [-0.4, -0.2) is 51.3 Å². The Balaban J connectivity index is 1.73. The van der Waals surface area contributed by atoms with Crippen molar-refractivity contribution in [2.24, 2.45) is 4.99 Å². The average molecular weight is 431 g/mol. The third kappa shape index (κ3) is 9.37. The van der Waals surface area contributed by atoms with E-state index in [0.29, 0.717) is 32.1 Å². The Morgan fingerprint density at radius 1 is 1.06 bits per heavy atom. The molecule has 8 heteroatoms. The normalized spacial score (nSPS) is 12.1. The molecule has 0 aliphatic rings. The zero-order chi connectivity index (χ0) is 22.5. The lowest BCUT2D eigenvalue weighted by molar-refractivity contribution is -0.120. The van der Waals surface area contributed by atoms with Crippen LogP contribution in [0.25, 0.3) is 0 Å². The van der Waals surface area contributed by atoms with E-state index >= 15 is 0 Å². The Labute approximate surface area is 183 Å². The summed E-state index contributed by atoms with van der Waals surface area (Å²) in [4.78, 5) is 16.5. The van der Waals surface area contributed by atoms with E-state index in [9.17, 15) is 9.18 Å². The number of amides is 1. The van der Waals surface area contributed by atoms with Crippen LogP contribution in [0.2, 0.25) is 0 Å². The van der Waals surface area contributed by atoms with E-state index in [1.165, 1.54) is 12.1 Å². The smallest absolute Gasteiger partial charge is 0.224 e. The second-order valence-electron chi connectivity index (χ2n) is 6.91. The number of nitrogens with one attached hydrogen (secondary N) is 3. The molecule has 0 aliphatic heterocycles. The van der Waals surface area contributed by atoms with Gasteiger partial charge in [0.25, 0.3) is 0 Å². The number of carbonyl (C=O) groups excluding carboxylic acids is 1. The van der Waals surface area contributed by atoms with E-state index in [1.54, 1.807) is 19.2 Å². The van der Waals surface area contributed by atoms with Crippen molar-refractivity contribution >= 4 is 11.9 Å². The van der Waals surface area contributed by atoms with Crippen LogP contribution in [0.1, 0.15) is 19.4 Å². The monoisotopic (exact) mass is 430 g/mol. The van der Waals surface area contributed by atoms with Gasteiger partial charge in [-0.15, -0.1) is 0 Å². The molecule has 2 rings (SSSR count). The van der Waals surface area contributed by atoms with Crippen LogP contribution in [-0.2, 0) is 11.2 Å². The first-order valence-electron chi connectivity index (χ1n) is 10.3. The van der Waals surface area contributed by atoms with Crippen LogP contribution >= 0.6 is 0 Å². The van der Waals surface area contributed by atoms with Gasteiger partial charge in [-0.1, -0.05) is 18.2 Å². The summed E-state index contributed by atoms with van der Waals surface area (Å²) in [7, 11) is 1.62. The highest BCUT2D eigenvalue weighted by Crippen LogP contribution is 2.19. The molecule has 1 atom stereocenters. The summed E-state index contributed by atoms with van der Waals surface area (Å²) in [6.45, 7) is 6.07. The van der Waals surface area contributed by atoms with Crippen molar-refractivity contribution in [1.82, 2.24) is 16.0 Å². The fourth-order valence-electron chi connectivity index (χ4n) is 2.74. The van der Waals surface area contributed by atoms with Crippen molar-refractivity contribution < 1.29 is 18.7 Å². The Morgan fingerprint density at radius 2 is 1.77 bits per heavy atom. The summed E-state index contributed by atoms with van der Waals surface area (Å²) >= 11 is 0. The standard InChI is InChI=1S/C23H31FN4O3/c1-4-25-23(28-16-17(2)31-21-7-5-6-20(15-21)30-3)27-13-12-26-22(29)14-18-8-10-19(24)11-9-18/h5-11,15,17H,4,12-14,16H2,1-3H3,(H,26,29)(H2,25,27,28). The Hall–Kier alpha value is -3.29. The molecule has 2 aromatic rings. The molecule has 0 spiro atoms. The minimum Gasteiger partial charge on any atom is -0.497 e. The SMILES string of the molecule is CCNC(=NCC(C)Oc1cccc(OC)c1)NCCNC(=O)Cc1ccc(F)cc1. The van der Waals surface area contributed by atoms with Crippen LogP contribution in [0.5, 0.6) is 11.5 Å². The van der Waals surface area contributed by atoms with Crippen molar-refractivity contribution in [3.8, 4) is 11.5 Å². The van der Waals surface area contributed by atoms with E-state index < -0.39 is 0 Å². The number of aliphatic imine (C=N–C) groups is 1. The third-order valence-electron chi connectivity index (χ3n) is 4.25. The second kappa shape index (κ2) is 13.1. The molecular weight excluding hydrogens is 399 g/mol. The van der Waals surface area contributed by atoms with Gasteiger partial charge in [0, 0.05) is 25.7 Å². The molecule has 0 aliphatic carbocycles. The fourth-order valence-corrected chi connectivity index (χ4v) is 2.74. The number of hydrogen-bond donors (Lipinski definition) is 3. The van der Waals surface area contributed by atoms with Crippen LogP contribution in [0.4, 0.5) is 4.39 Å². The van der Waals surface area contributed by atoms with E-state index in [0.717, 1.165) is 17.1 Å². The first-order valence-corrected chi connectivity index (χ1v) is 10.3. The maximum Gasteiger partial charge on any atom is 0.224 e. The van der Waals surface area contributed by atoms with E-state index in [4.69, 9.17) is 9.47 Å². The molecule has 3 N–H and O–H groups in total. The van der Waals surface area contributed by atoms with Crippen molar-refractivity contribution in [2.75, 3.05) is 33.3 Å². The minimum absolute atomic E-state index is 0.115. The second-order valence-corrected chi connectivity index (χ2v) is 6.91. The van der Waals surface area contributed by atoms with Crippen LogP contribution in [0.3, 0.4) is 0 Å². The number of guanidine groups is 1. The summed E-state index contributed by atoms with van der Waals surface area (Å²) < 4.78 is 24.0. The van der Waals surface area contributed by atoms with E-state index in [1.807, 2.05) is 38.1 Å². The molecule has 0 bridgehead atoms. The predicted octanol–water partition coefficient (Wildman–Crippen LogP) is 2.52. The van der Waals surface area contributed by atoms with Gasteiger partial charge in [0.1, 0.15) is 23.4 Å². The Morgan fingerprint density at radius 3 is 2.48 bits per heavy atom. The number of hydrogen-bond acceptors (Lipinski definition) is 4. The molecule has 7 nitrogen and oxygen atoms in total. The summed E-state index contributed by atoms with van der Waals surface area (Å²) in [5.74, 6) is 1.69. The number of nitrogens with zero attached hydrogens (tertiary/aromatic N) is 1. The van der Waals surface area contributed by atoms with Gasteiger partial charge in [0.15, 0.2) is 5.96 Å². The number of benzene rings is 2. The fraction of sp³-hybridized carbons (Fsp3) is 0.391. The molecular formula is C23H31FN4O3. The molecule has 2 aromatic carbocycles. The topological polar surface area (TPSA) is 84.0 Å². The zero-order valence-electron chi connectivity index (χ0n) is 18.3. The molecule has 1 unspecified atom stereocenters. The lowest BCUT2D eigenvalue weighted by Gasteiger charge is -2.16. The summed E-state index contributed by atoms with van der Waals surface area (Å²) in [5, 5.41) is 9.19. The number of carbonyl (C=O) groups is 1. The third-order valence-corrected chi connectivity index (χ3v) is 4.25. The Kier molecular flexibility index (Phi) is 10.1. The molecule has 31 heavy (non-hydrogen) atoms. The first kappa shape index (κ1) is 24.0. The van der Waals surface area contributed by atoms with Gasteiger partial charge >= 0.3 is 0 Å². The van der Waals surface area contributed by atoms with Gasteiger partial charge in [-0.3, -0.25) is 4.79 Å². The summed E-state index contributed by atoms with van der Waals surface area (Å²) in [5.41, 5.74) is 0.770. The van der Waals surface area contributed by atoms with Crippen LogP contribution < -0.4 is 25.4 Å². The number of ether oxygens (including phenoxy) is 2. The van der Waals surface area contributed by atoms with Crippen LogP contribution in [0.15, 0.2) is 53.5 Å². The van der Waals surface area contributed by atoms with Crippen molar-refractivity contribution in [2.45, 2.75) is 26.4 Å². The van der Waals surface area contributed by atoms with Gasteiger partial charge in [-0.05, 0) is 43.7 Å². The average Bonchev–Trinajstić information content (AvgIpc) is 2.76. The lowest BCUT2D eigenvalue weighted by Crippen LogP contribution is -2.42. The molecule has 0 aromatic heterocycles. The molecule has 1 amide bonds. The maximum atomic E-state index is 12.9. The lowest BCUT2D eigenvalue weighted by atomic mass is 10.1. The zero-order valence-corrected chi connectivity index (χ0v) is 18.3. The summed E-state index contributed by atoms with van der Waals surface area (Å²) in [6, 6.07) is 13.4.